The molecule has 8 nitrogen and oxygen atoms in total. The Morgan fingerprint density at radius 3 is 2.66 bits per heavy atom. The summed E-state index contributed by atoms with van der Waals surface area (Å²) in [6.45, 7) is 4.34. The maximum absolute atomic E-state index is 12.7. The molecule has 0 bridgehead atoms. The Morgan fingerprint density at radius 1 is 1.22 bits per heavy atom. The van der Waals surface area contributed by atoms with Crippen molar-refractivity contribution in [2.75, 3.05) is 13.2 Å². The monoisotopic (exact) mass is 486 g/mol. The molecule has 32 heavy (non-hydrogen) atoms. The van der Waals surface area contributed by atoms with Gasteiger partial charge in [0.05, 0.1) is 16.7 Å². The first-order chi connectivity index (χ1) is 15.2. The number of ether oxygens (including phenoxy) is 2. The predicted molar refractivity (Wildman–Crippen MR) is 120 cm³/mol. The Hall–Kier alpha value is -1.68. The second-order valence-corrected chi connectivity index (χ2v) is 10.7. The van der Waals surface area contributed by atoms with Gasteiger partial charge >= 0.3 is 5.97 Å². The van der Waals surface area contributed by atoms with Gasteiger partial charge in [-0.2, -0.15) is 0 Å². The summed E-state index contributed by atoms with van der Waals surface area (Å²) in [5.41, 5.74) is -0.00224. The summed E-state index contributed by atoms with van der Waals surface area (Å²) in [4.78, 5) is 24.9. The zero-order chi connectivity index (χ0) is 23.3. The third-order valence-corrected chi connectivity index (χ3v) is 7.98. The number of carbonyl (C=O) groups excluding carboxylic acids is 2. The molecule has 10 heteroatoms. The van der Waals surface area contributed by atoms with E-state index in [2.05, 4.69) is 17.0 Å². The van der Waals surface area contributed by atoms with Crippen LogP contribution in [0.3, 0.4) is 0 Å². The maximum atomic E-state index is 12.7. The van der Waals surface area contributed by atoms with E-state index in [1.807, 2.05) is 0 Å². The molecule has 1 heterocycles. The third-order valence-electron chi connectivity index (χ3n) is 6.07. The summed E-state index contributed by atoms with van der Waals surface area (Å²) in [5, 5.41) is 2.94. The normalized spacial score (nSPS) is 24.7. The van der Waals surface area contributed by atoms with Gasteiger partial charge in [0.2, 0.25) is 10.0 Å². The zero-order valence-electron chi connectivity index (χ0n) is 18.4. The van der Waals surface area contributed by atoms with Gasteiger partial charge in [0.1, 0.15) is 4.90 Å². The largest absolute Gasteiger partial charge is 0.449 e. The average Bonchev–Trinajstić information content (AvgIpc) is 3.28. The Bertz CT molecular complexity index is 932. The van der Waals surface area contributed by atoms with Gasteiger partial charge in [-0.15, -0.1) is 0 Å². The number of halogens is 1. The molecule has 4 unspecified atom stereocenters. The van der Waals surface area contributed by atoms with Gasteiger partial charge in [-0.05, 0) is 56.7 Å². The number of hydrogen-bond acceptors (Lipinski definition) is 6. The molecule has 1 aromatic rings. The van der Waals surface area contributed by atoms with Gasteiger partial charge in [0.15, 0.2) is 6.10 Å². The number of amides is 1. The quantitative estimate of drug-likeness (QED) is 0.546. The SMILES string of the molecule is CC(OC(=O)c1ccc(Cl)c(S(=O)(=O)NCC2CCCO2)c1)C(=O)NC1CCCCC1C. The van der Waals surface area contributed by atoms with E-state index < -0.39 is 22.1 Å². The molecule has 2 aliphatic rings. The van der Waals surface area contributed by atoms with Crippen LogP contribution in [0.1, 0.15) is 62.7 Å². The Labute approximate surface area is 194 Å². The fourth-order valence-corrected chi connectivity index (χ4v) is 5.62. The van der Waals surface area contributed by atoms with E-state index in [9.17, 15) is 18.0 Å². The minimum atomic E-state index is -3.95. The van der Waals surface area contributed by atoms with Crippen molar-refractivity contribution in [2.24, 2.45) is 5.92 Å². The summed E-state index contributed by atoms with van der Waals surface area (Å²) >= 11 is 6.09. The molecule has 178 valence electrons. The lowest BCUT2D eigenvalue weighted by Gasteiger charge is -2.30. The van der Waals surface area contributed by atoms with E-state index in [-0.39, 0.29) is 40.1 Å². The van der Waals surface area contributed by atoms with Gasteiger partial charge in [0, 0.05) is 19.2 Å². The van der Waals surface area contributed by atoms with Crippen LogP contribution in [0.5, 0.6) is 0 Å². The van der Waals surface area contributed by atoms with E-state index in [0.29, 0.717) is 12.5 Å². The number of rotatable bonds is 8. The lowest BCUT2D eigenvalue weighted by atomic mass is 9.86. The van der Waals surface area contributed by atoms with Crippen LogP contribution < -0.4 is 10.0 Å². The summed E-state index contributed by atoms with van der Waals surface area (Å²) < 4.78 is 38.6. The van der Waals surface area contributed by atoms with E-state index in [1.54, 1.807) is 0 Å². The zero-order valence-corrected chi connectivity index (χ0v) is 20.0. The molecular weight excluding hydrogens is 456 g/mol. The molecule has 3 rings (SSSR count). The highest BCUT2D eigenvalue weighted by atomic mass is 35.5. The molecule has 1 aliphatic carbocycles. The molecule has 1 saturated carbocycles. The van der Waals surface area contributed by atoms with Crippen molar-refractivity contribution < 1.29 is 27.5 Å². The van der Waals surface area contributed by atoms with Crippen molar-refractivity contribution >= 4 is 33.5 Å². The Morgan fingerprint density at radius 2 is 1.97 bits per heavy atom. The van der Waals surface area contributed by atoms with Crippen LogP contribution >= 0.6 is 11.6 Å². The van der Waals surface area contributed by atoms with E-state index in [4.69, 9.17) is 21.1 Å². The van der Waals surface area contributed by atoms with Crippen molar-refractivity contribution in [3.05, 3.63) is 28.8 Å². The molecular formula is C22H31ClN2O6S. The van der Waals surface area contributed by atoms with Gasteiger partial charge in [-0.25, -0.2) is 17.9 Å². The molecule has 2 N–H and O–H groups in total. The summed E-state index contributed by atoms with van der Waals surface area (Å²) in [6, 6.07) is 3.93. The van der Waals surface area contributed by atoms with E-state index in [1.165, 1.54) is 19.1 Å². The van der Waals surface area contributed by atoms with Crippen LogP contribution in [0.25, 0.3) is 0 Å². The lowest BCUT2D eigenvalue weighted by Crippen LogP contribution is -2.46. The fourth-order valence-electron chi connectivity index (χ4n) is 4.03. The molecule has 0 spiro atoms. The van der Waals surface area contributed by atoms with Crippen LogP contribution in [0.15, 0.2) is 23.1 Å². The summed E-state index contributed by atoms with van der Waals surface area (Å²) in [6.07, 6.45) is 4.66. The maximum Gasteiger partial charge on any atom is 0.338 e. The molecule has 1 saturated heterocycles. The van der Waals surface area contributed by atoms with E-state index >= 15 is 0 Å². The first-order valence-electron chi connectivity index (χ1n) is 11.1. The van der Waals surface area contributed by atoms with Gasteiger partial charge in [0.25, 0.3) is 5.91 Å². The molecule has 1 aromatic carbocycles. The Kier molecular flexibility index (Phi) is 8.55. The van der Waals surface area contributed by atoms with Crippen molar-refractivity contribution in [2.45, 2.75) is 75.5 Å². The van der Waals surface area contributed by atoms with Gasteiger partial charge < -0.3 is 14.8 Å². The fraction of sp³-hybridized carbons (Fsp3) is 0.636. The van der Waals surface area contributed by atoms with Crippen LogP contribution in [0.2, 0.25) is 5.02 Å². The molecule has 0 radical (unpaired) electrons. The van der Waals surface area contributed by atoms with E-state index in [0.717, 1.165) is 44.6 Å². The summed E-state index contributed by atoms with van der Waals surface area (Å²) in [5.74, 6) is -0.782. The lowest BCUT2D eigenvalue weighted by molar-refractivity contribution is -0.130. The molecule has 1 aliphatic heterocycles. The molecule has 1 amide bonds. The second-order valence-electron chi connectivity index (χ2n) is 8.56. The first-order valence-corrected chi connectivity index (χ1v) is 13.0. The minimum absolute atomic E-state index is 0.00224. The molecule has 0 aromatic heterocycles. The number of carbonyl (C=O) groups is 2. The number of esters is 1. The van der Waals surface area contributed by atoms with Crippen LogP contribution in [0.4, 0.5) is 0 Å². The minimum Gasteiger partial charge on any atom is -0.449 e. The highest BCUT2D eigenvalue weighted by Gasteiger charge is 2.28. The van der Waals surface area contributed by atoms with Crippen LogP contribution in [0, 0.1) is 5.92 Å². The number of benzene rings is 1. The number of sulfonamides is 1. The van der Waals surface area contributed by atoms with Gasteiger partial charge in [-0.3, -0.25) is 4.79 Å². The predicted octanol–water partition coefficient (Wildman–Crippen LogP) is 3.04. The van der Waals surface area contributed by atoms with Crippen molar-refractivity contribution in [3.63, 3.8) is 0 Å². The average molecular weight is 487 g/mol. The number of hydrogen-bond donors (Lipinski definition) is 2. The Balaban J connectivity index is 1.62. The van der Waals surface area contributed by atoms with Crippen LogP contribution in [-0.4, -0.2) is 51.7 Å². The number of nitrogens with one attached hydrogen (secondary N) is 2. The van der Waals surface area contributed by atoms with Gasteiger partial charge in [-0.1, -0.05) is 31.4 Å². The van der Waals surface area contributed by atoms with Crippen molar-refractivity contribution in [1.82, 2.24) is 10.0 Å². The second kappa shape index (κ2) is 11.0. The summed E-state index contributed by atoms with van der Waals surface area (Å²) in [7, 11) is -3.95. The topological polar surface area (TPSA) is 111 Å². The molecule has 4 atom stereocenters. The third kappa shape index (κ3) is 6.43. The first kappa shape index (κ1) is 25.0. The van der Waals surface area contributed by atoms with Crippen molar-refractivity contribution in [1.29, 1.82) is 0 Å². The smallest absolute Gasteiger partial charge is 0.338 e. The van der Waals surface area contributed by atoms with Crippen LogP contribution in [-0.2, 0) is 24.3 Å². The standard InChI is InChI=1S/C22H31ClN2O6S/c1-14-6-3-4-8-19(14)25-21(26)15(2)31-22(27)16-9-10-18(23)20(12-16)32(28,29)24-13-17-7-5-11-30-17/h9-10,12,14-15,17,19,24H,3-8,11,13H2,1-2H3,(H,25,26). The highest BCUT2D eigenvalue weighted by Crippen LogP contribution is 2.25. The molecule has 2 fully saturated rings. The highest BCUT2D eigenvalue weighted by molar-refractivity contribution is 7.89. The van der Waals surface area contributed by atoms with Crippen molar-refractivity contribution in [3.8, 4) is 0 Å².